The van der Waals surface area contributed by atoms with Crippen molar-refractivity contribution in [1.29, 1.82) is 0 Å². The van der Waals surface area contributed by atoms with Crippen molar-refractivity contribution in [3.05, 3.63) is 34.2 Å². The molecular weight excluding hydrogens is 228 g/mol. The Balaban J connectivity index is 2.81. The maximum absolute atomic E-state index is 11.6. The SMILES string of the molecule is O=C(NC(CCO)C(=O)O)c1ccc[nH]c1=O. The number of carboxylic acid groups (broad SMARTS) is 1. The van der Waals surface area contributed by atoms with Crippen LogP contribution >= 0.6 is 0 Å². The fourth-order valence-corrected chi connectivity index (χ4v) is 1.22. The van der Waals surface area contributed by atoms with E-state index >= 15 is 0 Å². The molecule has 1 amide bonds. The number of aromatic nitrogens is 1. The van der Waals surface area contributed by atoms with Crippen molar-refractivity contribution in [3.63, 3.8) is 0 Å². The lowest BCUT2D eigenvalue weighted by molar-refractivity contribution is -0.139. The third kappa shape index (κ3) is 3.42. The molecular formula is C10H12N2O5. The van der Waals surface area contributed by atoms with E-state index in [1.54, 1.807) is 0 Å². The third-order valence-electron chi connectivity index (χ3n) is 2.08. The standard InChI is InChI=1S/C10H12N2O5/c13-5-3-7(10(16)17)12-9(15)6-2-1-4-11-8(6)14/h1-2,4,7,13H,3,5H2,(H,11,14)(H,12,15)(H,16,17). The van der Waals surface area contributed by atoms with Gasteiger partial charge in [-0.2, -0.15) is 0 Å². The van der Waals surface area contributed by atoms with Crippen molar-refractivity contribution in [3.8, 4) is 0 Å². The zero-order chi connectivity index (χ0) is 12.8. The molecule has 92 valence electrons. The van der Waals surface area contributed by atoms with Crippen LogP contribution in [-0.2, 0) is 4.79 Å². The van der Waals surface area contributed by atoms with Gasteiger partial charge in [-0.1, -0.05) is 0 Å². The zero-order valence-electron chi connectivity index (χ0n) is 8.84. The van der Waals surface area contributed by atoms with Crippen LogP contribution in [0.15, 0.2) is 23.1 Å². The van der Waals surface area contributed by atoms with Gasteiger partial charge in [-0.05, 0) is 12.1 Å². The van der Waals surface area contributed by atoms with Gasteiger partial charge in [-0.25, -0.2) is 4.79 Å². The Morgan fingerprint density at radius 1 is 1.47 bits per heavy atom. The smallest absolute Gasteiger partial charge is 0.326 e. The number of nitrogens with one attached hydrogen (secondary N) is 2. The van der Waals surface area contributed by atoms with Gasteiger partial charge in [0.1, 0.15) is 11.6 Å². The summed E-state index contributed by atoms with van der Waals surface area (Å²) in [6.07, 6.45) is 1.24. The number of aliphatic hydroxyl groups is 1. The predicted molar refractivity (Wildman–Crippen MR) is 57.7 cm³/mol. The van der Waals surface area contributed by atoms with Crippen molar-refractivity contribution in [2.24, 2.45) is 0 Å². The van der Waals surface area contributed by atoms with Gasteiger partial charge in [-0.3, -0.25) is 9.59 Å². The predicted octanol–water partition coefficient (Wildman–Crippen LogP) is -1.06. The Kier molecular flexibility index (Phi) is 4.41. The fraction of sp³-hybridized carbons (Fsp3) is 0.300. The van der Waals surface area contributed by atoms with Gasteiger partial charge in [0.05, 0.1) is 0 Å². The maximum Gasteiger partial charge on any atom is 0.326 e. The summed E-state index contributed by atoms with van der Waals surface area (Å²) >= 11 is 0. The van der Waals surface area contributed by atoms with E-state index in [4.69, 9.17) is 10.2 Å². The van der Waals surface area contributed by atoms with Gasteiger partial charge >= 0.3 is 5.97 Å². The molecule has 1 aromatic heterocycles. The average molecular weight is 240 g/mol. The van der Waals surface area contributed by atoms with Gasteiger partial charge < -0.3 is 20.5 Å². The van der Waals surface area contributed by atoms with E-state index in [2.05, 4.69) is 10.3 Å². The summed E-state index contributed by atoms with van der Waals surface area (Å²) in [5.74, 6) is -2.05. The first kappa shape index (κ1) is 12.9. The number of pyridine rings is 1. The minimum atomic E-state index is -1.26. The molecule has 0 aliphatic heterocycles. The number of amides is 1. The molecule has 0 spiro atoms. The van der Waals surface area contributed by atoms with Crippen LogP contribution in [0.2, 0.25) is 0 Å². The topological polar surface area (TPSA) is 119 Å². The van der Waals surface area contributed by atoms with Crippen molar-refractivity contribution in [2.75, 3.05) is 6.61 Å². The second-order valence-corrected chi connectivity index (χ2v) is 3.29. The molecule has 1 atom stereocenters. The number of H-pyrrole nitrogens is 1. The van der Waals surface area contributed by atoms with Gasteiger partial charge in [0.25, 0.3) is 11.5 Å². The van der Waals surface area contributed by atoms with Crippen molar-refractivity contribution in [2.45, 2.75) is 12.5 Å². The Morgan fingerprint density at radius 2 is 2.18 bits per heavy atom. The first-order chi connectivity index (χ1) is 8.06. The summed E-state index contributed by atoms with van der Waals surface area (Å²) < 4.78 is 0. The van der Waals surface area contributed by atoms with Crippen LogP contribution in [0.4, 0.5) is 0 Å². The zero-order valence-corrected chi connectivity index (χ0v) is 8.84. The second kappa shape index (κ2) is 5.80. The number of carboxylic acids is 1. The number of hydrogen-bond donors (Lipinski definition) is 4. The molecule has 1 heterocycles. The minimum absolute atomic E-state index is 0.119. The number of aliphatic carboxylic acids is 1. The van der Waals surface area contributed by atoms with Gasteiger partial charge in [-0.15, -0.1) is 0 Å². The number of carbonyl (C=O) groups excluding carboxylic acids is 1. The molecule has 0 fully saturated rings. The lowest BCUT2D eigenvalue weighted by Crippen LogP contribution is -2.42. The van der Waals surface area contributed by atoms with Gasteiger partial charge in [0.2, 0.25) is 0 Å². The van der Waals surface area contributed by atoms with E-state index in [1.807, 2.05) is 0 Å². The van der Waals surface area contributed by atoms with E-state index in [-0.39, 0.29) is 18.6 Å². The molecule has 0 saturated carbocycles. The number of aromatic amines is 1. The minimum Gasteiger partial charge on any atom is -0.480 e. The monoisotopic (exact) mass is 240 g/mol. The van der Waals surface area contributed by atoms with Crippen molar-refractivity contribution >= 4 is 11.9 Å². The fourth-order valence-electron chi connectivity index (χ4n) is 1.22. The molecule has 0 radical (unpaired) electrons. The molecule has 4 N–H and O–H groups in total. The van der Waals surface area contributed by atoms with Crippen LogP contribution in [0.1, 0.15) is 16.8 Å². The van der Waals surface area contributed by atoms with E-state index in [9.17, 15) is 14.4 Å². The van der Waals surface area contributed by atoms with Crippen LogP contribution in [-0.4, -0.2) is 39.7 Å². The molecule has 7 heteroatoms. The van der Waals surface area contributed by atoms with Crippen molar-refractivity contribution < 1.29 is 19.8 Å². The second-order valence-electron chi connectivity index (χ2n) is 3.29. The molecule has 0 saturated heterocycles. The maximum atomic E-state index is 11.6. The Labute approximate surface area is 96.1 Å². The normalized spacial score (nSPS) is 11.8. The molecule has 0 aromatic carbocycles. The van der Waals surface area contributed by atoms with E-state index in [0.717, 1.165) is 0 Å². The Bertz CT molecular complexity index is 468. The van der Waals surface area contributed by atoms with Gasteiger partial charge in [0, 0.05) is 19.2 Å². The molecule has 17 heavy (non-hydrogen) atoms. The Hall–Kier alpha value is -2.15. The van der Waals surface area contributed by atoms with Crippen LogP contribution in [0.5, 0.6) is 0 Å². The van der Waals surface area contributed by atoms with Crippen LogP contribution in [0.25, 0.3) is 0 Å². The average Bonchev–Trinajstić information content (AvgIpc) is 2.28. The summed E-state index contributed by atoms with van der Waals surface area (Å²) in [6.45, 7) is -0.373. The van der Waals surface area contributed by atoms with Crippen LogP contribution in [0.3, 0.4) is 0 Å². The van der Waals surface area contributed by atoms with E-state index in [0.29, 0.717) is 0 Å². The van der Waals surface area contributed by atoms with Crippen LogP contribution in [0, 0.1) is 0 Å². The lowest BCUT2D eigenvalue weighted by Gasteiger charge is -2.12. The summed E-state index contributed by atoms with van der Waals surface area (Å²) in [7, 11) is 0. The quantitative estimate of drug-likeness (QED) is 0.523. The molecule has 1 rings (SSSR count). The third-order valence-corrected chi connectivity index (χ3v) is 2.08. The first-order valence-corrected chi connectivity index (χ1v) is 4.88. The molecule has 1 aromatic rings. The largest absolute Gasteiger partial charge is 0.480 e. The van der Waals surface area contributed by atoms with Crippen LogP contribution < -0.4 is 10.9 Å². The lowest BCUT2D eigenvalue weighted by atomic mass is 10.2. The van der Waals surface area contributed by atoms with Crippen molar-refractivity contribution in [1.82, 2.24) is 10.3 Å². The Morgan fingerprint density at radius 3 is 2.71 bits per heavy atom. The summed E-state index contributed by atoms with van der Waals surface area (Å²) in [4.78, 5) is 35.9. The summed E-state index contributed by atoms with van der Waals surface area (Å²) in [6, 6.07) is 1.52. The summed E-state index contributed by atoms with van der Waals surface area (Å²) in [5, 5.41) is 19.6. The first-order valence-electron chi connectivity index (χ1n) is 4.88. The van der Waals surface area contributed by atoms with Gasteiger partial charge in [0.15, 0.2) is 0 Å². The highest BCUT2D eigenvalue weighted by atomic mass is 16.4. The number of carbonyl (C=O) groups is 2. The number of rotatable bonds is 5. The summed E-state index contributed by atoms with van der Waals surface area (Å²) in [5.41, 5.74) is -0.769. The molecule has 0 bridgehead atoms. The molecule has 1 unspecified atom stereocenters. The molecule has 0 aliphatic rings. The highest BCUT2D eigenvalue weighted by Crippen LogP contribution is 1.95. The number of aliphatic hydroxyl groups excluding tert-OH is 1. The highest BCUT2D eigenvalue weighted by Gasteiger charge is 2.21. The number of hydrogen-bond acceptors (Lipinski definition) is 4. The molecule has 7 nitrogen and oxygen atoms in total. The van der Waals surface area contributed by atoms with E-state index in [1.165, 1.54) is 18.3 Å². The molecule has 0 aliphatic carbocycles. The highest BCUT2D eigenvalue weighted by molar-refractivity contribution is 5.96. The van der Waals surface area contributed by atoms with E-state index < -0.39 is 23.5 Å².